The van der Waals surface area contributed by atoms with Gasteiger partial charge in [-0.15, -0.1) is 0 Å². The molecular weight excluding hydrogens is 318 g/mol. The molecule has 2 atom stereocenters. The van der Waals surface area contributed by atoms with Crippen molar-refractivity contribution >= 4 is 11.7 Å². The lowest BCUT2D eigenvalue weighted by atomic mass is 9.70. The molecule has 25 heavy (non-hydrogen) atoms. The van der Waals surface area contributed by atoms with Crippen molar-refractivity contribution in [2.24, 2.45) is 5.41 Å². The Hall–Kier alpha value is -2.69. The van der Waals surface area contributed by atoms with Crippen molar-refractivity contribution in [3.05, 3.63) is 53.6 Å². The van der Waals surface area contributed by atoms with Gasteiger partial charge in [-0.3, -0.25) is 4.79 Å². The van der Waals surface area contributed by atoms with E-state index in [2.05, 4.69) is 19.2 Å². The molecule has 2 heterocycles. The van der Waals surface area contributed by atoms with Crippen LogP contribution in [0.25, 0.3) is 0 Å². The summed E-state index contributed by atoms with van der Waals surface area (Å²) in [6.07, 6.45) is -0.335. The van der Waals surface area contributed by atoms with Gasteiger partial charge in [0.2, 0.25) is 6.79 Å². The fourth-order valence-electron chi connectivity index (χ4n) is 3.74. The van der Waals surface area contributed by atoms with Gasteiger partial charge in [0.1, 0.15) is 6.10 Å². The highest BCUT2D eigenvalue weighted by Gasteiger charge is 2.46. The number of ether oxygens (including phenoxy) is 3. The average molecular weight is 339 g/mol. The lowest BCUT2D eigenvalue weighted by molar-refractivity contribution is -0.154. The molecule has 5 nitrogen and oxygen atoms in total. The van der Waals surface area contributed by atoms with Crippen molar-refractivity contribution in [1.82, 2.24) is 0 Å². The molecule has 5 heteroatoms. The van der Waals surface area contributed by atoms with E-state index in [1.807, 2.05) is 42.5 Å². The van der Waals surface area contributed by atoms with Crippen LogP contribution in [0, 0.1) is 5.41 Å². The molecule has 2 aromatic rings. The number of esters is 1. The molecule has 0 saturated carbocycles. The summed E-state index contributed by atoms with van der Waals surface area (Å²) in [4.78, 5) is 11.7. The molecule has 0 bridgehead atoms. The molecule has 2 aromatic carbocycles. The third-order valence-electron chi connectivity index (χ3n) is 4.98. The van der Waals surface area contributed by atoms with Gasteiger partial charge in [-0.05, 0) is 23.8 Å². The van der Waals surface area contributed by atoms with E-state index in [4.69, 9.17) is 14.2 Å². The first kappa shape index (κ1) is 15.8. The second-order valence-electron chi connectivity index (χ2n) is 7.09. The van der Waals surface area contributed by atoms with E-state index in [0.29, 0.717) is 0 Å². The molecule has 2 unspecified atom stereocenters. The van der Waals surface area contributed by atoms with Crippen LogP contribution in [0.5, 0.6) is 11.5 Å². The Labute approximate surface area is 146 Å². The van der Waals surface area contributed by atoms with Gasteiger partial charge >= 0.3 is 5.97 Å². The summed E-state index contributed by atoms with van der Waals surface area (Å²) in [6.45, 7) is 5.92. The third kappa shape index (κ3) is 2.60. The minimum Gasteiger partial charge on any atom is -0.457 e. The van der Waals surface area contributed by atoms with Crippen LogP contribution < -0.4 is 14.8 Å². The van der Waals surface area contributed by atoms with Crippen LogP contribution in [0.3, 0.4) is 0 Å². The predicted octanol–water partition coefficient (Wildman–Crippen LogP) is 4.21. The van der Waals surface area contributed by atoms with Crippen LogP contribution in [-0.4, -0.2) is 12.8 Å². The number of hydrogen-bond donors (Lipinski definition) is 1. The van der Waals surface area contributed by atoms with E-state index < -0.39 is 0 Å². The van der Waals surface area contributed by atoms with Crippen molar-refractivity contribution < 1.29 is 19.0 Å². The fraction of sp³-hybridized carbons (Fsp3) is 0.350. The molecule has 1 N–H and O–H groups in total. The van der Waals surface area contributed by atoms with E-state index in [0.717, 1.165) is 28.3 Å². The summed E-state index contributed by atoms with van der Waals surface area (Å²) < 4.78 is 16.7. The summed E-state index contributed by atoms with van der Waals surface area (Å²) in [6, 6.07) is 13.9. The SMILES string of the molecule is CC(=O)OC1c2ccccc2NC(c2ccc3c(c2)OCO3)C1(C)C. The molecule has 0 aromatic heterocycles. The third-order valence-corrected chi connectivity index (χ3v) is 4.98. The van der Waals surface area contributed by atoms with Crippen LogP contribution in [0.1, 0.15) is 44.0 Å². The smallest absolute Gasteiger partial charge is 0.303 e. The predicted molar refractivity (Wildman–Crippen MR) is 93.7 cm³/mol. The van der Waals surface area contributed by atoms with E-state index in [1.54, 1.807) is 0 Å². The van der Waals surface area contributed by atoms with E-state index in [9.17, 15) is 4.79 Å². The number of carbonyl (C=O) groups excluding carboxylic acids is 1. The molecule has 2 aliphatic heterocycles. The van der Waals surface area contributed by atoms with Gasteiger partial charge in [-0.25, -0.2) is 0 Å². The Bertz CT molecular complexity index is 830. The van der Waals surface area contributed by atoms with Crippen molar-refractivity contribution in [2.75, 3.05) is 12.1 Å². The topological polar surface area (TPSA) is 56.8 Å². The largest absolute Gasteiger partial charge is 0.457 e. The van der Waals surface area contributed by atoms with Crippen LogP contribution in [0.2, 0.25) is 0 Å². The molecule has 0 fully saturated rings. The highest BCUT2D eigenvalue weighted by molar-refractivity contribution is 5.68. The zero-order valence-electron chi connectivity index (χ0n) is 14.5. The lowest BCUT2D eigenvalue weighted by Crippen LogP contribution is -2.40. The number of benzene rings is 2. The maximum atomic E-state index is 11.7. The Morgan fingerprint density at radius 2 is 1.92 bits per heavy atom. The van der Waals surface area contributed by atoms with Crippen molar-refractivity contribution in [2.45, 2.75) is 32.9 Å². The summed E-state index contributed by atoms with van der Waals surface area (Å²) >= 11 is 0. The first-order valence-corrected chi connectivity index (χ1v) is 8.39. The maximum Gasteiger partial charge on any atom is 0.303 e. The van der Waals surface area contributed by atoms with Crippen molar-refractivity contribution in [1.29, 1.82) is 0 Å². The second-order valence-corrected chi connectivity index (χ2v) is 7.09. The first-order chi connectivity index (χ1) is 12.0. The zero-order chi connectivity index (χ0) is 17.6. The Morgan fingerprint density at radius 1 is 1.16 bits per heavy atom. The van der Waals surface area contributed by atoms with Gasteiger partial charge in [0.15, 0.2) is 11.5 Å². The summed E-state index contributed by atoms with van der Waals surface area (Å²) in [5, 5.41) is 3.61. The number of hydrogen-bond acceptors (Lipinski definition) is 5. The normalized spacial score (nSPS) is 22.7. The van der Waals surface area contributed by atoms with Crippen LogP contribution in [-0.2, 0) is 9.53 Å². The number of carbonyl (C=O) groups is 1. The number of nitrogens with one attached hydrogen (secondary N) is 1. The number of anilines is 1. The van der Waals surface area contributed by atoms with E-state index in [-0.39, 0.29) is 30.3 Å². The first-order valence-electron chi connectivity index (χ1n) is 8.39. The van der Waals surface area contributed by atoms with Crippen LogP contribution in [0.15, 0.2) is 42.5 Å². The number of fused-ring (bicyclic) bond motifs is 2. The highest BCUT2D eigenvalue weighted by Crippen LogP contribution is 2.53. The van der Waals surface area contributed by atoms with Gasteiger partial charge in [0.25, 0.3) is 0 Å². The average Bonchev–Trinajstić information content (AvgIpc) is 3.04. The molecule has 0 radical (unpaired) electrons. The zero-order valence-corrected chi connectivity index (χ0v) is 14.5. The van der Waals surface area contributed by atoms with Crippen LogP contribution in [0.4, 0.5) is 5.69 Å². The number of rotatable bonds is 2. The van der Waals surface area contributed by atoms with Gasteiger partial charge < -0.3 is 19.5 Å². The minimum atomic E-state index is -0.353. The molecule has 0 spiro atoms. The monoisotopic (exact) mass is 339 g/mol. The molecule has 0 amide bonds. The highest BCUT2D eigenvalue weighted by atomic mass is 16.7. The quantitative estimate of drug-likeness (QED) is 0.831. The second kappa shape index (κ2) is 5.69. The summed E-state index contributed by atoms with van der Waals surface area (Å²) in [5.41, 5.74) is 2.70. The minimum absolute atomic E-state index is 0.0405. The standard InChI is InChI=1S/C20H21NO4/c1-12(22)25-19-14-6-4-5-7-15(14)21-18(20(19,2)3)13-8-9-16-17(10-13)24-11-23-16/h4-10,18-19,21H,11H2,1-3H3. The van der Waals surface area contributed by atoms with Crippen LogP contribution >= 0.6 is 0 Å². The van der Waals surface area contributed by atoms with E-state index in [1.165, 1.54) is 6.92 Å². The Balaban J connectivity index is 1.79. The van der Waals surface area contributed by atoms with Crippen molar-refractivity contribution in [3.8, 4) is 11.5 Å². The summed E-state index contributed by atoms with van der Waals surface area (Å²) in [5.74, 6) is 1.23. The molecule has 130 valence electrons. The Morgan fingerprint density at radius 3 is 2.72 bits per heavy atom. The molecule has 2 aliphatic rings. The van der Waals surface area contributed by atoms with Gasteiger partial charge in [0.05, 0.1) is 6.04 Å². The lowest BCUT2D eigenvalue weighted by Gasteiger charge is -2.46. The molecule has 0 aliphatic carbocycles. The maximum absolute atomic E-state index is 11.7. The summed E-state index contributed by atoms with van der Waals surface area (Å²) in [7, 11) is 0. The van der Waals surface area contributed by atoms with Gasteiger partial charge in [-0.1, -0.05) is 38.1 Å². The van der Waals surface area contributed by atoms with Crippen molar-refractivity contribution in [3.63, 3.8) is 0 Å². The number of para-hydroxylation sites is 1. The Kier molecular flexibility index (Phi) is 3.60. The molecule has 0 saturated heterocycles. The van der Waals surface area contributed by atoms with Gasteiger partial charge in [0, 0.05) is 23.6 Å². The molecular formula is C20H21NO4. The van der Waals surface area contributed by atoms with Gasteiger partial charge in [-0.2, -0.15) is 0 Å². The van der Waals surface area contributed by atoms with E-state index >= 15 is 0 Å². The fourth-order valence-corrected chi connectivity index (χ4v) is 3.74. The molecule has 4 rings (SSSR count).